The number of aryl methyl sites for hydroxylation is 2. The van der Waals surface area contributed by atoms with E-state index in [2.05, 4.69) is 44.0 Å². The summed E-state index contributed by atoms with van der Waals surface area (Å²) in [6.07, 6.45) is 4.44. The normalized spacial score (nSPS) is 14.0. The van der Waals surface area contributed by atoms with Gasteiger partial charge in [-0.1, -0.05) is 80.8 Å². The highest BCUT2D eigenvalue weighted by Gasteiger charge is 2.32. The average molecular weight is 730 g/mol. The number of hydrogen-bond acceptors (Lipinski definition) is 6. The van der Waals surface area contributed by atoms with Crippen LogP contribution in [0.4, 0.5) is 5.69 Å². The Labute approximate surface area is 315 Å². The van der Waals surface area contributed by atoms with Gasteiger partial charge in [-0.15, -0.1) is 0 Å². The molecule has 276 valence electrons. The second kappa shape index (κ2) is 17.6. The average Bonchev–Trinajstić information content (AvgIpc) is 3.58. The molecule has 0 saturated carbocycles. The minimum absolute atomic E-state index is 0.0887. The first-order valence-corrected chi connectivity index (χ1v) is 20.3. The van der Waals surface area contributed by atoms with E-state index in [4.69, 9.17) is 9.84 Å². The third kappa shape index (κ3) is 9.07. The lowest BCUT2D eigenvalue weighted by atomic mass is 9.93. The highest BCUT2D eigenvalue weighted by Crippen LogP contribution is 2.29. The Morgan fingerprint density at radius 2 is 1.55 bits per heavy atom. The molecule has 0 bridgehead atoms. The molecule has 0 radical (unpaired) electrons. The van der Waals surface area contributed by atoms with Gasteiger partial charge in [-0.25, -0.2) is 4.68 Å². The van der Waals surface area contributed by atoms with Crippen molar-refractivity contribution in [1.29, 1.82) is 0 Å². The van der Waals surface area contributed by atoms with E-state index in [1.165, 1.54) is 10.8 Å². The van der Waals surface area contributed by atoms with Gasteiger partial charge in [0.15, 0.2) is 15.4 Å². The molecule has 0 saturated heterocycles. The maximum absolute atomic E-state index is 14.7. The molecule has 9 nitrogen and oxygen atoms in total. The van der Waals surface area contributed by atoms with Crippen LogP contribution in [0.15, 0.2) is 97.1 Å². The molecule has 0 fully saturated rings. The Morgan fingerprint density at radius 3 is 2.21 bits per heavy atom. The second-order valence-electron chi connectivity index (χ2n) is 14.0. The van der Waals surface area contributed by atoms with Crippen molar-refractivity contribution in [2.24, 2.45) is 0 Å². The highest BCUT2D eigenvalue weighted by atomic mass is 28.2. The molecule has 4 aromatic carbocycles. The number of hydrogen-bond donors (Lipinski definition) is 2. The van der Waals surface area contributed by atoms with Crippen LogP contribution in [0.25, 0.3) is 5.69 Å². The van der Waals surface area contributed by atoms with Gasteiger partial charge in [-0.05, 0) is 98.0 Å². The van der Waals surface area contributed by atoms with Crippen LogP contribution in [0, 0.1) is 13.8 Å². The summed E-state index contributed by atoms with van der Waals surface area (Å²) in [6.45, 7) is 9.86. The Morgan fingerprint density at radius 1 is 0.887 bits per heavy atom. The van der Waals surface area contributed by atoms with Gasteiger partial charge in [-0.3, -0.25) is 9.59 Å². The largest absolute Gasteiger partial charge is 0.457 e. The molecule has 6 rings (SSSR count). The lowest BCUT2D eigenvalue weighted by Gasteiger charge is -2.36. The molecular weight excluding hydrogens is 679 g/mol. The van der Waals surface area contributed by atoms with Gasteiger partial charge in [0.2, 0.25) is 0 Å². The first-order chi connectivity index (χ1) is 25.8. The maximum atomic E-state index is 14.7. The van der Waals surface area contributed by atoms with Crippen molar-refractivity contribution in [3.8, 4) is 17.2 Å². The summed E-state index contributed by atoms with van der Waals surface area (Å²) >= 11 is 0. The van der Waals surface area contributed by atoms with E-state index in [9.17, 15) is 14.7 Å². The van der Waals surface area contributed by atoms with Crippen molar-refractivity contribution in [3.05, 3.63) is 131 Å². The van der Waals surface area contributed by atoms with Crippen LogP contribution in [-0.2, 0) is 13.0 Å². The van der Waals surface area contributed by atoms with E-state index in [0.29, 0.717) is 43.0 Å². The predicted octanol–water partition coefficient (Wildman–Crippen LogP) is 6.70. The predicted molar refractivity (Wildman–Crippen MR) is 214 cm³/mol. The summed E-state index contributed by atoms with van der Waals surface area (Å²) in [5.74, 6) is 1.29. The third-order valence-electron chi connectivity index (χ3n) is 9.92. The first kappa shape index (κ1) is 37.6. The van der Waals surface area contributed by atoms with Crippen molar-refractivity contribution in [2.45, 2.75) is 72.4 Å². The van der Waals surface area contributed by atoms with Crippen LogP contribution >= 0.6 is 0 Å². The van der Waals surface area contributed by atoms with Crippen LogP contribution in [0.1, 0.15) is 82.8 Å². The zero-order valence-electron chi connectivity index (χ0n) is 31.3. The lowest BCUT2D eigenvalue weighted by Crippen LogP contribution is -2.46. The number of ether oxygens (including phenoxy) is 1. The van der Waals surface area contributed by atoms with E-state index in [-0.39, 0.29) is 24.5 Å². The molecule has 1 aliphatic rings. The number of benzene rings is 4. The number of carbonyl (C=O) groups excluding carboxylic acids is 2. The fourth-order valence-electron chi connectivity index (χ4n) is 6.76. The van der Waals surface area contributed by atoms with Crippen molar-refractivity contribution in [1.82, 2.24) is 19.6 Å². The summed E-state index contributed by atoms with van der Waals surface area (Å²) in [7, 11) is -0.975. The Hall–Kier alpha value is -5.19. The Balaban J connectivity index is 1.29. The van der Waals surface area contributed by atoms with Crippen molar-refractivity contribution in [2.75, 3.05) is 24.7 Å². The second-order valence-corrected chi connectivity index (χ2v) is 15.5. The quantitative estimate of drug-likeness (QED) is 0.116. The van der Waals surface area contributed by atoms with Gasteiger partial charge >= 0.3 is 0 Å². The van der Waals surface area contributed by atoms with E-state index >= 15 is 0 Å². The number of nitrogens with one attached hydrogen (secondary N) is 1. The molecule has 10 heteroatoms. The molecule has 5 aromatic rings. The summed E-state index contributed by atoms with van der Waals surface area (Å²) in [5, 5.41) is 16.5. The van der Waals surface area contributed by atoms with Gasteiger partial charge < -0.3 is 24.6 Å². The van der Waals surface area contributed by atoms with Crippen LogP contribution < -0.4 is 14.9 Å². The van der Waals surface area contributed by atoms with Crippen molar-refractivity contribution >= 4 is 32.4 Å². The molecular formula is C43H51N5O4Si. The van der Waals surface area contributed by atoms with E-state index in [1.807, 2.05) is 90.7 Å². The van der Waals surface area contributed by atoms with E-state index in [1.54, 1.807) is 9.58 Å². The molecule has 1 unspecified atom stereocenters. The van der Waals surface area contributed by atoms with Crippen LogP contribution in [0.3, 0.4) is 0 Å². The van der Waals surface area contributed by atoms with Crippen molar-refractivity contribution < 1.29 is 19.4 Å². The summed E-state index contributed by atoms with van der Waals surface area (Å²) < 4.78 is 7.74. The summed E-state index contributed by atoms with van der Waals surface area (Å²) in [5.41, 5.74) is 6.43. The smallest absolute Gasteiger partial charge is 0.274 e. The molecule has 53 heavy (non-hydrogen) atoms. The van der Waals surface area contributed by atoms with Gasteiger partial charge in [0, 0.05) is 31.0 Å². The number of amides is 2. The lowest BCUT2D eigenvalue weighted by molar-refractivity contribution is 0.0544. The van der Waals surface area contributed by atoms with Crippen LogP contribution in [0.5, 0.6) is 11.5 Å². The molecule has 1 atom stereocenters. The summed E-state index contributed by atoms with van der Waals surface area (Å²) in [4.78, 5) is 35.7. The number of aromatic nitrogens is 2. The number of aliphatic hydroxyl groups is 1. The number of unbranched alkanes of at least 4 members (excludes halogenated alkanes) is 2. The fourth-order valence-corrected chi connectivity index (χ4v) is 7.86. The topological polar surface area (TPSA) is 99.9 Å². The number of aliphatic hydroxyl groups excluding tert-OH is 1. The number of anilines is 1. The molecule has 2 amide bonds. The fraction of sp³-hybridized carbons (Fsp3) is 0.326. The van der Waals surface area contributed by atoms with Crippen LogP contribution in [-0.4, -0.2) is 71.9 Å². The zero-order valence-corrected chi connectivity index (χ0v) is 32.8. The number of carbonyl (C=O) groups is 2. The number of rotatable bonds is 15. The van der Waals surface area contributed by atoms with Crippen molar-refractivity contribution in [3.63, 3.8) is 0 Å². The minimum Gasteiger partial charge on any atom is -0.457 e. The van der Waals surface area contributed by atoms with Crippen LogP contribution in [0.2, 0.25) is 0 Å². The van der Waals surface area contributed by atoms with Gasteiger partial charge in [0.05, 0.1) is 23.9 Å². The Bertz CT molecular complexity index is 2000. The van der Waals surface area contributed by atoms with Gasteiger partial charge in [0.25, 0.3) is 11.8 Å². The highest BCUT2D eigenvalue weighted by molar-refractivity contribution is 6.56. The zero-order chi connectivity index (χ0) is 37.3. The van der Waals surface area contributed by atoms with Gasteiger partial charge in [-0.2, -0.15) is 5.10 Å². The van der Waals surface area contributed by atoms with E-state index < -0.39 is 9.68 Å². The molecule has 0 aliphatic carbocycles. The SMILES string of the molecule is CCCCN(CCCC)C(=O)c1cc(C)n(-c2ccc(N[SiH2]c3ccc(Oc4ccc(C)cc4)cc3)cc2C(=O)N2Cc3ccccc3CC2CO)n1. The Kier molecular flexibility index (Phi) is 12.4. The monoisotopic (exact) mass is 729 g/mol. The maximum Gasteiger partial charge on any atom is 0.274 e. The molecule has 0 spiro atoms. The third-order valence-corrected chi connectivity index (χ3v) is 11.4. The molecule has 1 aliphatic heterocycles. The number of nitrogens with zero attached hydrogens (tertiary/aromatic N) is 4. The van der Waals surface area contributed by atoms with E-state index in [0.717, 1.165) is 59.7 Å². The summed E-state index contributed by atoms with van der Waals surface area (Å²) in [6, 6.07) is 31.4. The molecule has 1 aromatic heterocycles. The van der Waals surface area contributed by atoms with Gasteiger partial charge in [0.1, 0.15) is 11.5 Å². The number of fused-ring (bicyclic) bond motifs is 1. The molecule has 2 heterocycles. The first-order valence-electron chi connectivity index (χ1n) is 18.8. The minimum atomic E-state index is -0.975. The molecule has 2 N–H and O–H groups in total. The standard InChI is InChI=1S/C43H51N5O4Si/c1-5-7-23-46(24-8-6-2)43(51)40-25-31(4)48(44-40)41-22-15-34(45-53-38-20-18-37(19-21-38)52-36-16-13-30(3)14-17-36)27-39(41)42(50)47-28-33-12-10-9-11-32(33)26-35(47)29-49/h9-22,25,27,35,45,49H,5-8,23-24,26,28-29,53H2,1-4H3.